The Balaban J connectivity index is 1.11. The van der Waals surface area contributed by atoms with Crippen LogP contribution in [0, 0.1) is 0 Å². The van der Waals surface area contributed by atoms with Crippen molar-refractivity contribution in [3.8, 4) is 55.6 Å². The summed E-state index contributed by atoms with van der Waals surface area (Å²) in [6, 6.07) is 129. The van der Waals surface area contributed by atoms with Gasteiger partial charge in [0.2, 0.25) is 0 Å². The van der Waals surface area contributed by atoms with Crippen LogP contribution in [0.3, 0.4) is 0 Å². The first-order valence-electron chi connectivity index (χ1n) is 33.9. The largest absolute Gasteiger partial charge is 0.310 e. The number of para-hydroxylation sites is 4. The van der Waals surface area contributed by atoms with Crippen LogP contribution in [-0.4, -0.2) is 6.71 Å². The highest BCUT2D eigenvalue weighted by molar-refractivity contribution is 7.00. The molecule has 5 heteroatoms. The summed E-state index contributed by atoms with van der Waals surface area (Å²) >= 11 is 0. The van der Waals surface area contributed by atoms with Crippen molar-refractivity contribution in [3.05, 3.63) is 357 Å². The van der Waals surface area contributed by atoms with Gasteiger partial charge in [-0.3, -0.25) is 0 Å². The molecule has 0 aliphatic carbocycles. The van der Waals surface area contributed by atoms with E-state index in [-0.39, 0.29) is 17.5 Å². The number of fused-ring (bicyclic) bond motifs is 4. The van der Waals surface area contributed by atoms with Crippen molar-refractivity contribution in [1.82, 2.24) is 0 Å². The monoisotopic (exact) mass is 1250 g/mol. The minimum Gasteiger partial charge on any atom is -0.310 e. The lowest BCUT2D eigenvalue weighted by molar-refractivity contribution is 0.590. The van der Waals surface area contributed by atoms with Gasteiger partial charge in [0.1, 0.15) is 0 Å². The lowest BCUT2D eigenvalue weighted by Gasteiger charge is -2.46. The lowest BCUT2D eigenvalue weighted by Crippen LogP contribution is -2.61. The highest BCUT2D eigenvalue weighted by Gasteiger charge is 2.46. The summed E-state index contributed by atoms with van der Waals surface area (Å²) in [5.41, 5.74) is 30.2. The van der Waals surface area contributed by atoms with E-state index in [0.29, 0.717) is 0 Å². The molecule has 0 radical (unpaired) electrons. The second-order valence-corrected chi connectivity index (χ2v) is 27.7. The van der Waals surface area contributed by atoms with Gasteiger partial charge in [-0.1, -0.05) is 278 Å². The van der Waals surface area contributed by atoms with Crippen LogP contribution in [0.15, 0.2) is 346 Å². The molecule has 0 fully saturated rings. The van der Waals surface area contributed by atoms with Crippen molar-refractivity contribution >= 4 is 91.3 Å². The van der Waals surface area contributed by atoms with Crippen molar-refractivity contribution in [2.24, 2.45) is 0 Å². The van der Waals surface area contributed by atoms with Crippen molar-refractivity contribution in [1.29, 1.82) is 0 Å². The molecule has 0 unspecified atom stereocenters. The molecule has 0 bridgehead atoms. The summed E-state index contributed by atoms with van der Waals surface area (Å²) in [6.07, 6.45) is 0. The van der Waals surface area contributed by atoms with Crippen molar-refractivity contribution in [3.63, 3.8) is 0 Å². The van der Waals surface area contributed by atoms with Gasteiger partial charge in [-0.05, 0) is 181 Å². The molecule has 466 valence electrons. The van der Waals surface area contributed by atoms with Crippen LogP contribution in [0.25, 0.3) is 55.6 Å². The van der Waals surface area contributed by atoms with E-state index < -0.39 is 0 Å². The van der Waals surface area contributed by atoms with Crippen LogP contribution in [-0.2, 0) is 10.8 Å². The second kappa shape index (κ2) is 24.9. The van der Waals surface area contributed by atoms with Gasteiger partial charge in [-0.25, -0.2) is 0 Å². The third kappa shape index (κ3) is 11.2. The topological polar surface area (TPSA) is 13.0 Å². The second-order valence-electron chi connectivity index (χ2n) is 27.7. The maximum Gasteiger partial charge on any atom is 0.252 e. The van der Waals surface area contributed by atoms with E-state index in [1.54, 1.807) is 0 Å². The average molecular weight is 1250 g/mol. The SMILES string of the molecule is CC(C)(C)c1cc(-c2ccccc2)c(N2c3cc(N(c4ccccc4)c4ccccc4)ccc3B3c4ccc(N(c5ccccc5)c5ccccc5)cc4N(c4c(-c5ccccc5)cc(C(C)(C)C)cc4-c4ccccc4)c4cc(-c5ccccc5)cc2c43)c(-c2ccccc2)c1. The number of benzene rings is 14. The molecule has 0 aromatic heterocycles. The Morgan fingerprint density at radius 2 is 0.495 bits per heavy atom. The summed E-state index contributed by atoms with van der Waals surface area (Å²) in [7, 11) is 0. The lowest BCUT2D eigenvalue weighted by atomic mass is 9.33. The fourth-order valence-electron chi connectivity index (χ4n) is 14.7. The molecule has 97 heavy (non-hydrogen) atoms. The van der Waals surface area contributed by atoms with Gasteiger partial charge < -0.3 is 19.6 Å². The van der Waals surface area contributed by atoms with E-state index in [4.69, 9.17) is 0 Å². The zero-order chi connectivity index (χ0) is 65.8. The summed E-state index contributed by atoms with van der Waals surface area (Å²) < 4.78 is 0. The Morgan fingerprint density at radius 3 is 0.763 bits per heavy atom. The zero-order valence-corrected chi connectivity index (χ0v) is 55.8. The van der Waals surface area contributed by atoms with Crippen molar-refractivity contribution in [2.75, 3.05) is 19.6 Å². The molecule has 0 amide bonds. The molecule has 0 spiro atoms. The summed E-state index contributed by atoms with van der Waals surface area (Å²) in [6.45, 7) is 13.8. The number of hydrogen-bond donors (Lipinski definition) is 0. The van der Waals surface area contributed by atoms with Crippen molar-refractivity contribution < 1.29 is 0 Å². The molecule has 2 aliphatic heterocycles. The summed E-state index contributed by atoms with van der Waals surface area (Å²) in [5, 5.41) is 0. The van der Waals surface area contributed by atoms with Gasteiger partial charge in [0.05, 0.1) is 11.4 Å². The van der Waals surface area contributed by atoms with Gasteiger partial charge >= 0.3 is 0 Å². The third-order valence-electron chi connectivity index (χ3n) is 19.5. The maximum absolute atomic E-state index is 2.69. The minimum absolute atomic E-state index is 0.197. The van der Waals surface area contributed by atoms with E-state index in [9.17, 15) is 0 Å². The standard InChI is InChI=1S/C92H75BN4/c1-91(2,3)70-58-78(65-36-18-8-19-37-65)89(79(59-70)66-38-20-9-21-39-66)96-84-62-76(94(72-44-26-12-27-45-72)73-46-28-13-29-47-73)52-54-82(84)93-83-55-53-77(95(74-48-30-14-31-49-74)75-50-32-15-33-51-75)63-85(83)97(87-57-69(56-86(96)88(87)93)64-34-16-7-17-35-64)90-80(67-40-22-10-23-41-67)60-71(92(4,5)6)61-81(90)68-42-24-11-25-43-68/h7-63H,1-6H3. The van der Waals surface area contributed by atoms with Crippen LogP contribution < -0.4 is 36.0 Å². The fraction of sp³-hybridized carbons (Fsp3) is 0.0870. The predicted molar refractivity (Wildman–Crippen MR) is 414 cm³/mol. The van der Waals surface area contributed by atoms with Gasteiger partial charge in [0.15, 0.2) is 0 Å². The Bertz CT molecular complexity index is 4650. The molecule has 0 saturated carbocycles. The maximum atomic E-state index is 2.69. The quantitative estimate of drug-likeness (QED) is 0.107. The highest BCUT2D eigenvalue weighted by Crippen LogP contribution is 2.56. The Hall–Kier alpha value is -11.7. The molecule has 16 rings (SSSR count). The molecule has 4 nitrogen and oxygen atoms in total. The van der Waals surface area contributed by atoms with Gasteiger partial charge in [-0.15, -0.1) is 0 Å². The Labute approximate surface area is 572 Å². The minimum atomic E-state index is -0.261. The van der Waals surface area contributed by atoms with Crippen LogP contribution in [0.1, 0.15) is 52.7 Å². The van der Waals surface area contributed by atoms with Gasteiger partial charge in [0, 0.05) is 79.1 Å². The molecule has 14 aromatic carbocycles. The zero-order valence-electron chi connectivity index (χ0n) is 55.8. The summed E-state index contributed by atoms with van der Waals surface area (Å²) in [5.74, 6) is 0. The van der Waals surface area contributed by atoms with E-state index >= 15 is 0 Å². The number of rotatable bonds is 13. The Kier molecular flexibility index (Phi) is 15.5. The molecule has 14 aromatic rings. The fourth-order valence-corrected chi connectivity index (χ4v) is 14.7. The first kappa shape index (κ1) is 60.3. The van der Waals surface area contributed by atoms with Crippen LogP contribution in [0.4, 0.5) is 68.2 Å². The highest BCUT2D eigenvalue weighted by atomic mass is 15.2. The number of nitrogens with zero attached hydrogens (tertiary/aromatic N) is 4. The smallest absolute Gasteiger partial charge is 0.252 e. The number of hydrogen-bond acceptors (Lipinski definition) is 4. The van der Waals surface area contributed by atoms with E-state index in [2.05, 4.69) is 407 Å². The van der Waals surface area contributed by atoms with Crippen LogP contribution in [0.2, 0.25) is 0 Å². The molecular weight excluding hydrogens is 1170 g/mol. The molecule has 2 heterocycles. The van der Waals surface area contributed by atoms with E-state index in [1.165, 1.54) is 27.5 Å². The Morgan fingerprint density at radius 1 is 0.237 bits per heavy atom. The molecule has 0 saturated heterocycles. The summed E-state index contributed by atoms with van der Waals surface area (Å²) in [4.78, 5) is 10.2. The molecule has 2 aliphatic rings. The molecule has 0 atom stereocenters. The first-order chi connectivity index (χ1) is 47.4. The number of anilines is 12. The van der Waals surface area contributed by atoms with Crippen LogP contribution in [0.5, 0.6) is 0 Å². The van der Waals surface area contributed by atoms with Crippen molar-refractivity contribution in [2.45, 2.75) is 52.4 Å². The first-order valence-corrected chi connectivity index (χ1v) is 33.9. The average Bonchev–Trinajstić information content (AvgIpc) is 0.687. The normalized spacial score (nSPS) is 12.4. The predicted octanol–water partition coefficient (Wildman–Crippen LogP) is 23.6. The third-order valence-corrected chi connectivity index (χ3v) is 19.5. The van der Waals surface area contributed by atoms with Crippen LogP contribution >= 0.6 is 0 Å². The van der Waals surface area contributed by atoms with Gasteiger partial charge in [-0.2, -0.15) is 0 Å². The van der Waals surface area contributed by atoms with Gasteiger partial charge in [0.25, 0.3) is 6.71 Å². The van der Waals surface area contributed by atoms with E-state index in [1.807, 2.05) is 0 Å². The van der Waals surface area contributed by atoms with E-state index in [0.717, 1.165) is 124 Å². The molecular formula is C92H75BN4. The molecule has 0 N–H and O–H groups in total.